The molecule has 0 spiro atoms. The quantitative estimate of drug-likeness (QED) is 0.696. The SMILES string of the molecule is CCC(O)c1cc(Cl)ncc1NC(=O)O. The van der Waals surface area contributed by atoms with Gasteiger partial charge in [0.2, 0.25) is 0 Å². The Morgan fingerprint density at radius 2 is 2.40 bits per heavy atom. The van der Waals surface area contributed by atoms with E-state index in [1.807, 2.05) is 0 Å². The summed E-state index contributed by atoms with van der Waals surface area (Å²) in [7, 11) is 0. The monoisotopic (exact) mass is 230 g/mol. The molecule has 0 aliphatic carbocycles. The number of halogens is 1. The van der Waals surface area contributed by atoms with Gasteiger partial charge in [-0.25, -0.2) is 9.78 Å². The van der Waals surface area contributed by atoms with Crippen molar-refractivity contribution in [2.24, 2.45) is 0 Å². The standard InChI is InChI=1S/C9H11ClN2O3/c1-2-7(13)5-3-8(10)11-4-6(5)12-9(14)15/h3-4,7,12-13H,2H2,1H3,(H,14,15). The van der Waals surface area contributed by atoms with Crippen LogP contribution in [0.4, 0.5) is 10.5 Å². The van der Waals surface area contributed by atoms with Crippen molar-refractivity contribution in [1.29, 1.82) is 0 Å². The van der Waals surface area contributed by atoms with Gasteiger partial charge in [-0.3, -0.25) is 5.32 Å². The third kappa shape index (κ3) is 3.07. The van der Waals surface area contributed by atoms with Gasteiger partial charge in [0.15, 0.2) is 0 Å². The molecule has 1 aromatic heterocycles. The highest BCUT2D eigenvalue weighted by Gasteiger charge is 2.13. The number of carbonyl (C=O) groups is 1. The molecule has 1 amide bonds. The Balaban J connectivity index is 3.08. The van der Waals surface area contributed by atoms with E-state index in [2.05, 4.69) is 10.3 Å². The lowest BCUT2D eigenvalue weighted by Gasteiger charge is -2.13. The molecule has 0 aliphatic rings. The molecule has 0 saturated carbocycles. The number of rotatable bonds is 3. The van der Waals surface area contributed by atoms with E-state index < -0.39 is 12.2 Å². The summed E-state index contributed by atoms with van der Waals surface area (Å²) < 4.78 is 0. The first kappa shape index (κ1) is 11.7. The van der Waals surface area contributed by atoms with Gasteiger partial charge in [0.05, 0.1) is 18.0 Å². The van der Waals surface area contributed by atoms with Crippen molar-refractivity contribution in [2.45, 2.75) is 19.4 Å². The van der Waals surface area contributed by atoms with Crippen molar-refractivity contribution in [3.8, 4) is 0 Å². The summed E-state index contributed by atoms with van der Waals surface area (Å²) in [6.07, 6.45) is -0.213. The second kappa shape index (κ2) is 4.95. The molecule has 15 heavy (non-hydrogen) atoms. The van der Waals surface area contributed by atoms with E-state index in [4.69, 9.17) is 16.7 Å². The molecule has 0 aliphatic heterocycles. The minimum atomic E-state index is -1.20. The zero-order valence-corrected chi connectivity index (χ0v) is 8.82. The maximum atomic E-state index is 10.5. The average molecular weight is 231 g/mol. The van der Waals surface area contributed by atoms with Crippen LogP contribution in [0, 0.1) is 0 Å². The van der Waals surface area contributed by atoms with Crippen LogP contribution in [0.15, 0.2) is 12.3 Å². The van der Waals surface area contributed by atoms with Gasteiger partial charge >= 0.3 is 6.09 Å². The molecule has 3 N–H and O–H groups in total. The maximum absolute atomic E-state index is 10.5. The summed E-state index contributed by atoms with van der Waals surface area (Å²) >= 11 is 5.66. The summed E-state index contributed by atoms with van der Waals surface area (Å²) in [4.78, 5) is 14.2. The number of hydrogen-bond acceptors (Lipinski definition) is 3. The number of aromatic nitrogens is 1. The summed E-state index contributed by atoms with van der Waals surface area (Å²) in [6, 6.07) is 1.45. The molecular formula is C9H11ClN2O3. The highest BCUT2D eigenvalue weighted by atomic mass is 35.5. The number of amides is 1. The van der Waals surface area contributed by atoms with Crippen LogP contribution in [0.5, 0.6) is 0 Å². The molecule has 5 nitrogen and oxygen atoms in total. The molecule has 0 fully saturated rings. The van der Waals surface area contributed by atoms with Crippen LogP contribution in [0.3, 0.4) is 0 Å². The fourth-order valence-electron chi connectivity index (χ4n) is 1.16. The van der Waals surface area contributed by atoms with Crippen LogP contribution in [-0.4, -0.2) is 21.3 Å². The largest absolute Gasteiger partial charge is 0.465 e. The molecule has 1 rings (SSSR count). The number of aliphatic hydroxyl groups is 1. The second-order valence-electron chi connectivity index (χ2n) is 2.95. The van der Waals surface area contributed by atoms with Crippen molar-refractivity contribution in [1.82, 2.24) is 4.98 Å². The van der Waals surface area contributed by atoms with Crippen LogP contribution < -0.4 is 5.32 Å². The Labute approximate surface area is 91.7 Å². The molecular weight excluding hydrogens is 220 g/mol. The summed E-state index contributed by atoms with van der Waals surface area (Å²) in [5.74, 6) is 0. The van der Waals surface area contributed by atoms with Gasteiger partial charge in [-0.1, -0.05) is 18.5 Å². The zero-order valence-electron chi connectivity index (χ0n) is 8.07. The van der Waals surface area contributed by atoms with Crippen LogP contribution in [-0.2, 0) is 0 Å². The molecule has 0 radical (unpaired) electrons. The van der Waals surface area contributed by atoms with Gasteiger partial charge in [0.25, 0.3) is 0 Å². The lowest BCUT2D eigenvalue weighted by Crippen LogP contribution is -2.11. The fourth-order valence-corrected chi connectivity index (χ4v) is 1.33. The van der Waals surface area contributed by atoms with Crippen LogP contribution in [0.1, 0.15) is 25.0 Å². The normalized spacial score (nSPS) is 12.2. The van der Waals surface area contributed by atoms with E-state index in [9.17, 15) is 9.90 Å². The van der Waals surface area contributed by atoms with Crippen LogP contribution in [0.2, 0.25) is 5.15 Å². The predicted octanol–water partition coefficient (Wildman–Crippen LogP) is 2.27. The lowest BCUT2D eigenvalue weighted by atomic mass is 10.1. The summed E-state index contributed by atoms with van der Waals surface area (Å²) in [5, 5.41) is 20.6. The number of nitrogens with zero attached hydrogens (tertiary/aromatic N) is 1. The van der Waals surface area contributed by atoms with Crippen molar-refractivity contribution >= 4 is 23.4 Å². The Kier molecular flexibility index (Phi) is 3.88. The summed E-state index contributed by atoms with van der Waals surface area (Å²) in [5.41, 5.74) is 0.682. The number of carboxylic acid groups (broad SMARTS) is 1. The van der Waals surface area contributed by atoms with Gasteiger partial charge in [0, 0.05) is 5.56 Å². The first-order valence-corrected chi connectivity index (χ1v) is 4.75. The van der Waals surface area contributed by atoms with Gasteiger partial charge in [0.1, 0.15) is 5.15 Å². The number of anilines is 1. The zero-order chi connectivity index (χ0) is 11.4. The van der Waals surface area contributed by atoms with E-state index in [-0.39, 0.29) is 10.8 Å². The fraction of sp³-hybridized carbons (Fsp3) is 0.333. The first-order valence-electron chi connectivity index (χ1n) is 4.38. The Morgan fingerprint density at radius 3 is 2.93 bits per heavy atom. The topological polar surface area (TPSA) is 82.5 Å². The van der Waals surface area contributed by atoms with Crippen molar-refractivity contribution in [3.63, 3.8) is 0 Å². The van der Waals surface area contributed by atoms with E-state index in [0.717, 1.165) is 0 Å². The Morgan fingerprint density at radius 1 is 1.73 bits per heavy atom. The van der Waals surface area contributed by atoms with Gasteiger partial charge in [-0.05, 0) is 12.5 Å². The number of nitrogens with one attached hydrogen (secondary N) is 1. The van der Waals surface area contributed by atoms with Crippen LogP contribution in [0.25, 0.3) is 0 Å². The molecule has 0 bridgehead atoms. The molecule has 0 aromatic carbocycles. The predicted molar refractivity (Wildman–Crippen MR) is 56.1 cm³/mol. The third-order valence-electron chi connectivity index (χ3n) is 1.89. The van der Waals surface area contributed by atoms with Gasteiger partial charge < -0.3 is 10.2 Å². The van der Waals surface area contributed by atoms with E-state index in [1.165, 1.54) is 12.3 Å². The highest BCUT2D eigenvalue weighted by molar-refractivity contribution is 6.29. The smallest absolute Gasteiger partial charge is 0.409 e. The molecule has 1 atom stereocenters. The van der Waals surface area contributed by atoms with Gasteiger partial charge in [-0.2, -0.15) is 0 Å². The molecule has 0 saturated heterocycles. The molecule has 82 valence electrons. The lowest BCUT2D eigenvalue weighted by molar-refractivity contribution is 0.174. The van der Waals surface area contributed by atoms with Crippen molar-refractivity contribution < 1.29 is 15.0 Å². The maximum Gasteiger partial charge on any atom is 0.409 e. The van der Waals surface area contributed by atoms with E-state index in [0.29, 0.717) is 12.0 Å². The Hall–Kier alpha value is -1.33. The van der Waals surface area contributed by atoms with Crippen molar-refractivity contribution in [3.05, 3.63) is 23.0 Å². The summed E-state index contributed by atoms with van der Waals surface area (Å²) in [6.45, 7) is 1.78. The molecule has 1 unspecified atom stereocenters. The van der Waals surface area contributed by atoms with Gasteiger partial charge in [-0.15, -0.1) is 0 Å². The molecule has 6 heteroatoms. The highest BCUT2D eigenvalue weighted by Crippen LogP contribution is 2.26. The van der Waals surface area contributed by atoms with E-state index >= 15 is 0 Å². The Bertz CT molecular complexity index is 370. The minimum Gasteiger partial charge on any atom is -0.465 e. The molecule has 1 heterocycles. The van der Waals surface area contributed by atoms with Crippen molar-refractivity contribution in [2.75, 3.05) is 5.32 Å². The third-order valence-corrected chi connectivity index (χ3v) is 2.10. The number of pyridine rings is 1. The second-order valence-corrected chi connectivity index (χ2v) is 3.34. The van der Waals surface area contributed by atoms with E-state index in [1.54, 1.807) is 6.92 Å². The average Bonchev–Trinajstić information content (AvgIpc) is 2.19. The number of aliphatic hydroxyl groups excluding tert-OH is 1. The number of hydrogen-bond donors (Lipinski definition) is 3. The van der Waals surface area contributed by atoms with Crippen LogP contribution >= 0.6 is 11.6 Å². The molecule has 1 aromatic rings. The first-order chi connectivity index (χ1) is 7.04. The minimum absolute atomic E-state index is 0.216.